The SMILES string of the molecule is CC(C)[N-]N=Nc1[c-]cccc1.[K+]. The molecular weight excluding hydrogens is 189 g/mol. The van der Waals surface area contributed by atoms with Crippen LogP contribution in [0.3, 0.4) is 0 Å². The number of hydrogen-bond donors (Lipinski definition) is 0. The summed E-state index contributed by atoms with van der Waals surface area (Å²) in [6, 6.07) is 10.5. The van der Waals surface area contributed by atoms with Gasteiger partial charge in [-0.25, -0.2) is 0 Å². The Labute approximate surface area is 121 Å². The molecule has 0 fully saturated rings. The third-order valence-electron chi connectivity index (χ3n) is 1.13. The molecule has 64 valence electrons. The molecule has 0 N–H and O–H groups in total. The molecule has 0 aliphatic rings. The third kappa shape index (κ3) is 6.34. The summed E-state index contributed by atoms with van der Waals surface area (Å²) in [5.41, 5.74) is 4.57. The molecule has 0 amide bonds. The van der Waals surface area contributed by atoms with Crippen LogP contribution in [-0.2, 0) is 0 Å². The van der Waals surface area contributed by atoms with Gasteiger partial charge in [0.25, 0.3) is 0 Å². The predicted octanol–water partition coefficient (Wildman–Crippen LogP) is 0.272. The molecule has 0 unspecified atom stereocenters. The Hall–Kier alpha value is 0.256. The molecule has 0 atom stereocenters. The average molecular weight is 200 g/mol. The van der Waals surface area contributed by atoms with Crippen LogP contribution < -0.4 is 51.4 Å². The summed E-state index contributed by atoms with van der Waals surface area (Å²) < 4.78 is 0. The minimum atomic E-state index is 0. The summed E-state index contributed by atoms with van der Waals surface area (Å²) >= 11 is 0. The van der Waals surface area contributed by atoms with Crippen molar-refractivity contribution >= 4 is 5.69 Å². The molecule has 0 heterocycles. The fraction of sp³-hybridized carbons (Fsp3) is 0.333. The third-order valence-corrected chi connectivity index (χ3v) is 1.13. The van der Waals surface area contributed by atoms with Gasteiger partial charge >= 0.3 is 51.4 Å². The van der Waals surface area contributed by atoms with E-state index in [9.17, 15) is 0 Å². The molecule has 0 radical (unpaired) electrons. The number of nitrogens with zero attached hydrogens (tertiary/aromatic N) is 3. The number of benzene rings is 1. The Morgan fingerprint density at radius 1 is 1.38 bits per heavy atom. The van der Waals surface area contributed by atoms with Gasteiger partial charge in [-0.2, -0.15) is 30.3 Å². The molecule has 0 aromatic heterocycles. The summed E-state index contributed by atoms with van der Waals surface area (Å²) in [6.45, 7) is 3.90. The second-order valence-corrected chi connectivity index (χ2v) is 2.65. The van der Waals surface area contributed by atoms with Crippen LogP contribution in [0.15, 0.2) is 34.6 Å². The molecular formula is C9H11KN3-. The van der Waals surface area contributed by atoms with Crippen LogP contribution >= 0.6 is 0 Å². The second kappa shape index (κ2) is 7.64. The first-order valence-electron chi connectivity index (χ1n) is 3.86. The van der Waals surface area contributed by atoms with E-state index in [1.54, 1.807) is 6.07 Å². The van der Waals surface area contributed by atoms with Crippen LogP contribution in [0, 0.1) is 6.07 Å². The van der Waals surface area contributed by atoms with Gasteiger partial charge in [-0.1, -0.05) is 13.8 Å². The maximum absolute atomic E-state index is 3.86. The fourth-order valence-electron chi connectivity index (χ4n) is 0.623. The zero-order valence-electron chi connectivity index (χ0n) is 8.23. The monoisotopic (exact) mass is 200 g/mol. The normalized spacial score (nSPS) is 10.1. The van der Waals surface area contributed by atoms with Gasteiger partial charge in [-0.3, -0.25) is 5.22 Å². The molecule has 0 aliphatic carbocycles. The summed E-state index contributed by atoms with van der Waals surface area (Å²) in [4.78, 5) is 0. The van der Waals surface area contributed by atoms with E-state index in [4.69, 9.17) is 0 Å². The second-order valence-electron chi connectivity index (χ2n) is 2.65. The molecule has 0 saturated heterocycles. The van der Waals surface area contributed by atoms with Crippen LogP contribution in [0.25, 0.3) is 5.43 Å². The molecule has 13 heavy (non-hydrogen) atoms. The van der Waals surface area contributed by atoms with E-state index < -0.39 is 0 Å². The van der Waals surface area contributed by atoms with E-state index in [1.807, 2.05) is 32.0 Å². The van der Waals surface area contributed by atoms with Crippen molar-refractivity contribution in [2.24, 2.45) is 10.3 Å². The molecule has 1 rings (SSSR count). The van der Waals surface area contributed by atoms with Crippen molar-refractivity contribution in [1.29, 1.82) is 0 Å². The van der Waals surface area contributed by atoms with Gasteiger partial charge in [-0.05, 0) is 6.04 Å². The fourth-order valence-corrected chi connectivity index (χ4v) is 0.623. The first-order chi connectivity index (χ1) is 5.79. The van der Waals surface area contributed by atoms with E-state index >= 15 is 0 Å². The zero-order valence-corrected chi connectivity index (χ0v) is 11.4. The minimum Gasteiger partial charge on any atom is -0.379 e. The molecule has 0 saturated carbocycles. The Bertz CT molecular complexity index is 246. The predicted molar refractivity (Wildman–Crippen MR) is 48.3 cm³/mol. The van der Waals surface area contributed by atoms with Gasteiger partial charge < -0.3 is 10.5 Å². The molecule has 3 nitrogen and oxygen atoms in total. The maximum atomic E-state index is 3.86. The van der Waals surface area contributed by atoms with Crippen molar-refractivity contribution in [3.05, 3.63) is 35.8 Å². The molecule has 1 aromatic carbocycles. The van der Waals surface area contributed by atoms with Crippen molar-refractivity contribution in [2.75, 3.05) is 0 Å². The standard InChI is InChI=1S/C9H11N3.K/c1-8(2)10-12-11-9-6-4-3-5-7-9;/h3-6,8H,1-2H3;/q-2;+1. The number of hydrogen-bond acceptors (Lipinski definition) is 2. The van der Waals surface area contributed by atoms with Crippen LogP contribution in [0.1, 0.15) is 13.8 Å². The number of rotatable bonds is 3. The van der Waals surface area contributed by atoms with Gasteiger partial charge in [-0.15, -0.1) is 5.69 Å². The van der Waals surface area contributed by atoms with Crippen molar-refractivity contribution < 1.29 is 51.4 Å². The van der Waals surface area contributed by atoms with Gasteiger partial charge in [0, 0.05) is 0 Å². The van der Waals surface area contributed by atoms with E-state index in [0.717, 1.165) is 0 Å². The van der Waals surface area contributed by atoms with Gasteiger partial charge in [0.15, 0.2) is 0 Å². The van der Waals surface area contributed by atoms with Crippen molar-refractivity contribution in [1.82, 2.24) is 0 Å². The molecule has 0 spiro atoms. The molecule has 1 aromatic rings. The summed E-state index contributed by atoms with van der Waals surface area (Å²) in [6.07, 6.45) is 0. The van der Waals surface area contributed by atoms with Crippen molar-refractivity contribution in [3.63, 3.8) is 0 Å². The van der Waals surface area contributed by atoms with Crippen LogP contribution in [-0.4, -0.2) is 6.04 Å². The van der Waals surface area contributed by atoms with Gasteiger partial charge in [0.1, 0.15) is 0 Å². The van der Waals surface area contributed by atoms with E-state index in [2.05, 4.69) is 21.8 Å². The van der Waals surface area contributed by atoms with E-state index in [-0.39, 0.29) is 57.4 Å². The Kier molecular flexibility index (Phi) is 7.79. The van der Waals surface area contributed by atoms with Gasteiger partial charge in [0.2, 0.25) is 0 Å². The Morgan fingerprint density at radius 2 is 2.15 bits per heavy atom. The molecule has 0 bridgehead atoms. The minimum absolute atomic E-state index is 0. The van der Waals surface area contributed by atoms with E-state index in [0.29, 0.717) is 5.69 Å². The molecule has 0 aliphatic heterocycles. The first kappa shape index (κ1) is 13.3. The Morgan fingerprint density at radius 3 is 2.69 bits per heavy atom. The quantitative estimate of drug-likeness (QED) is 0.291. The van der Waals surface area contributed by atoms with Crippen molar-refractivity contribution in [2.45, 2.75) is 19.9 Å². The maximum Gasteiger partial charge on any atom is 1.00 e. The summed E-state index contributed by atoms with van der Waals surface area (Å²) in [7, 11) is 0. The average Bonchev–Trinajstić information content (AvgIpc) is 2.05. The van der Waals surface area contributed by atoms with Crippen LogP contribution in [0.2, 0.25) is 0 Å². The summed E-state index contributed by atoms with van der Waals surface area (Å²) in [5, 5.41) is 7.51. The van der Waals surface area contributed by atoms with Crippen LogP contribution in [0.4, 0.5) is 5.69 Å². The molecule has 4 heteroatoms. The Balaban J connectivity index is 0.00000144. The van der Waals surface area contributed by atoms with Gasteiger partial charge in [0.05, 0.1) is 0 Å². The zero-order chi connectivity index (χ0) is 8.81. The van der Waals surface area contributed by atoms with E-state index in [1.165, 1.54) is 0 Å². The van der Waals surface area contributed by atoms with Crippen LogP contribution in [0.5, 0.6) is 0 Å². The topological polar surface area (TPSA) is 38.8 Å². The largest absolute Gasteiger partial charge is 1.00 e. The smallest absolute Gasteiger partial charge is 0.379 e. The summed E-state index contributed by atoms with van der Waals surface area (Å²) in [5.74, 6) is 0. The van der Waals surface area contributed by atoms with Crippen molar-refractivity contribution in [3.8, 4) is 0 Å². The first-order valence-corrected chi connectivity index (χ1v) is 3.86.